The molecule has 0 aliphatic rings. The van der Waals surface area contributed by atoms with Crippen molar-refractivity contribution in [2.24, 2.45) is 0 Å². The third kappa shape index (κ3) is 3.08. The van der Waals surface area contributed by atoms with E-state index in [0.717, 1.165) is 0 Å². The Morgan fingerprint density at radius 2 is 1.69 bits per heavy atom. The standard InChI is InChI=1S/C15H14ClN3O6S/c1-22-8-5-4-6-9(23-2)13(8)26(20,21)19-14-12-10(24-3)7-11(16)17-15(12)25-18-14/h4-7H,1-3H3,(H,18,19). The van der Waals surface area contributed by atoms with Crippen LogP contribution in [0.1, 0.15) is 0 Å². The Balaban J connectivity index is 2.14. The minimum atomic E-state index is -4.13. The van der Waals surface area contributed by atoms with Gasteiger partial charge in [-0.2, -0.15) is 4.98 Å². The zero-order valence-electron chi connectivity index (χ0n) is 13.9. The second-order valence-corrected chi connectivity index (χ2v) is 6.96. The average Bonchev–Trinajstić information content (AvgIpc) is 3.01. The average molecular weight is 400 g/mol. The van der Waals surface area contributed by atoms with E-state index in [1.807, 2.05) is 0 Å². The molecule has 1 N–H and O–H groups in total. The highest BCUT2D eigenvalue weighted by atomic mass is 35.5. The summed E-state index contributed by atoms with van der Waals surface area (Å²) < 4.78 is 48.8. The maximum Gasteiger partial charge on any atom is 0.270 e. The molecule has 2 heterocycles. The van der Waals surface area contributed by atoms with Crippen LogP contribution < -0.4 is 18.9 Å². The Kier molecular flexibility index (Phi) is 4.79. The van der Waals surface area contributed by atoms with Gasteiger partial charge in [0.25, 0.3) is 15.7 Å². The van der Waals surface area contributed by atoms with Crippen LogP contribution in [0.3, 0.4) is 0 Å². The maximum atomic E-state index is 12.9. The number of hydrogen-bond acceptors (Lipinski definition) is 8. The molecule has 0 saturated carbocycles. The lowest BCUT2D eigenvalue weighted by molar-refractivity contribution is 0.373. The number of pyridine rings is 1. The molecule has 0 bridgehead atoms. The summed E-state index contributed by atoms with van der Waals surface area (Å²) in [7, 11) is -0.0209. The Morgan fingerprint density at radius 1 is 1.08 bits per heavy atom. The lowest BCUT2D eigenvalue weighted by atomic mass is 10.3. The van der Waals surface area contributed by atoms with Crippen molar-refractivity contribution >= 4 is 38.5 Å². The van der Waals surface area contributed by atoms with Gasteiger partial charge in [-0.3, -0.25) is 4.72 Å². The van der Waals surface area contributed by atoms with E-state index in [1.54, 1.807) is 6.07 Å². The first kappa shape index (κ1) is 18.1. The first-order valence-electron chi connectivity index (χ1n) is 7.15. The topological polar surface area (TPSA) is 113 Å². The fourth-order valence-corrected chi connectivity index (χ4v) is 3.88. The molecule has 26 heavy (non-hydrogen) atoms. The minimum Gasteiger partial charge on any atom is -0.496 e. The lowest BCUT2D eigenvalue weighted by Crippen LogP contribution is -2.15. The van der Waals surface area contributed by atoms with Crippen LogP contribution in [0, 0.1) is 0 Å². The molecule has 0 spiro atoms. The number of nitrogens with one attached hydrogen (secondary N) is 1. The molecule has 3 aromatic rings. The number of nitrogens with zero attached hydrogens (tertiary/aromatic N) is 2. The molecule has 2 aromatic heterocycles. The first-order valence-corrected chi connectivity index (χ1v) is 9.01. The van der Waals surface area contributed by atoms with E-state index in [2.05, 4.69) is 14.9 Å². The second kappa shape index (κ2) is 6.89. The molecule has 0 unspecified atom stereocenters. The molecule has 11 heteroatoms. The number of benzene rings is 1. The van der Waals surface area contributed by atoms with E-state index in [0.29, 0.717) is 0 Å². The smallest absolute Gasteiger partial charge is 0.270 e. The van der Waals surface area contributed by atoms with Crippen molar-refractivity contribution in [3.8, 4) is 17.2 Å². The van der Waals surface area contributed by atoms with Gasteiger partial charge in [0.15, 0.2) is 10.7 Å². The monoisotopic (exact) mass is 399 g/mol. The van der Waals surface area contributed by atoms with E-state index >= 15 is 0 Å². The molecule has 0 aliphatic heterocycles. The van der Waals surface area contributed by atoms with Gasteiger partial charge in [-0.05, 0) is 12.1 Å². The van der Waals surface area contributed by atoms with Gasteiger partial charge < -0.3 is 18.7 Å². The highest BCUT2D eigenvalue weighted by Gasteiger charge is 2.28. The number of hydrogen-bond donors (Lipinski definition) is 1. The van der Waals surface area contributed by atoms with Gasteiger partial charge in [0.2, 0.25) is 0 Å². The van der Waals surface area contributed by atoms with Gasteiger partial charge >= 0.3 is 0 Å². The normalized spacial score (nSPS) is 11.4. The van der Waals surface area contributed by atoms with Crippen molar-refractivity contribution < 1.29 is 27.2 Å². The highest BCUT2D eigenvalue weighted by molar-refractivity contribution is 7.93. The molecule has 9 nitrogen and oxygen atoms in total. The molecule has 0 fully saturated rings. The molecule has 3 rings (SSSR count). The number of anilines is 1. The van der Waals surface area contributed by atoms with Crippen LogP contribution >= 0.6 is 11.6 Å². The lowest BCUT2D eigenvalue weighted by Gasteiger charge is -2.13. The maximum absolute atomic E-state index is 12.9. The predicted molar refractivity (Wildman–Crippen MR) is 93.7 cm³/mol. The van der Waals surface area contributed by atoms with E-state index in [-0.39, 0.29) is 44.2 Å². The van der Waals surface area contributed by atoms with Gasteiger partial charge in [0, 0.05) is 6.07 Å². The number of fused-ring (bicyclic) bond motifs is 1. The van der Waals surface area contributed by atoms with Crippen molar-refractivity contribution in [2.45, 2.75) is 4.90 Å². The zero-order chi connectivity index (χ0) is 18.9. The molecule has 138 valence electrons. The summed E-state index contributed by atoms with van der Waals surface area (Å²) in [6.07, 6.45) is 0. The Labute approximate surface area is 153 Å². The molecule has 0 saturated heterocycles. The summed E-state index contributed by atoms with van der Waals surface area (Å²) in [5.74, 6) is 0.371. The highest BCUT2D eigenvalue weighted by Crippen LogP contribution is 2.37. The van der Waals surface area contributed by atoms with Gasteiger partial charge in [-0.1, -0.05) is 22.8 Å². The summed E-state index contributed by atoms with van der Waals surface area (Å²) in [6.45, 7) is 0. The number of methoxy groups -OCH3 is 3. The molecular formula is C15H14ClN3O6S. The van der Waals surface area contributed by atoms with Crippen molar-refractivity contribution in [3.63, 3.8) is 0 Å². The van der Waals surface area contributed by atoms with Crippen molar-refractivity contribution in [1.29, 1.82) is 0 Å². The predicted octanol–water partition coefficient (Wildman–Crippen LogP) is 2.70. The Bertz CT molecular complexity index is 1040. The van der Waals surface area contributed by atoms with Crippen LogP contribution in [0.15, 0.2) is 33.7 Å². The Morgan fingerprint density at radius 3 is 2.27 bits per heavy atom. The third-order valence-corrected chi connectivity index (χ3v) is 5.08. The van der Waals surface area contributed by atoms with E-state index in [4.69, 9.17) is 30.3 Å². The fourth-order valence-electron chi connectivity index (χ4n) is 2.38. The first-order chi connectivity index (χ1) is 12.4. The SMILES string of the molecule is COc1cccc(OC)c1S(=O)(=O)Nc1noc2nc(Cl)cc(OC)c12. The summed E-state index contributed by atoms with van der Waals surface area (Å²) in [4.78, 5) is 3.77. The fraction of sp³-hybridized carbons (Fsp3) is 0.200. The van der Waals surface area contributed by atoms with Gasteiger partial charge in [0.1, 0.15) is 27.8 Å². The third-order valence-electron chi connectivity index (χ3n) is 3.48. The Hall–Kier alpha value is -2.72. The van der Waals surface area contributed by atoms with Crippen LogP contribution in [0.2, 0.25) is 5.15 Å². The molecular weight excluding hydrogens is 386 g/mol. The number of rotatable bonds is 6. The van der Waals surface area contributed by atoms with Crippen molar-refractivity contribution in [1.82, 2.24) is 10.1 Å². The van der Waals surface area contributed by atoms with Crippen molar-refractivity contribution in [3.05, 3.63) is 29.4 Å². The number of ether oxygens (including phenoxy) is 3. The largest absolute Gasteiger partial charge is 0.496 e. The van der Waals surface area contributed by atoms with Crippen LogP contribution in [0.4, 0.5) is 5.82 Å². The summed E-state index contributed by atoms with van der Waals surface area (Å²) in [6, 6.07) is 6.03. The molecule has 0 aliphatic carbocycles. The number of halogens is 1. The van der Waals surface area contributed by atoms with Crippen LogP contribution in [-0.4, -0.2) is 39.9 Å². The van der Waals surface area contributed by atoms with Gasteiger partial charge in [-0.15, -0.1) is 0 Å². The summed E-state index contributed by atoms with van der Waals surface area (Å²) in [5, 5.41) is 4.07. The van der Waals surface area contributed by atoms with Crippen LogP contribution in [0.25, 0.3) is 11.1 Å². The van der Waals surface area contributed by atoms with Gasteiger partial charge in [-0.25, -0.2) is 8.42 Å². The number of sulfonamides is 1. The molecule has 0 amide bonds. The molecule has 0 radical (unpaired) electrons. The number of aromatic nitrogens is 2. The molecule has 0 atom stereocenters. The van der Waals surface area contributed by atoms with E-state index in [9.17, 15) is 8.42 Å². The quantitative estimate of drug-likeness (QED) is 0.629. The van der Waals surface area contributed by atoms with E-state index in [1.165, 1.54) is 39.5 Å². The molecule has 1 aromatic carbocycles. The van der Waals surface area contributed by atoms with E-state index < -0.39 is 10.0 Å². The van der Waals surface area contributed by atoms with Gasteiger partial charge in [0.05, 0.1) is 21.3 Å². The van der Waals surface area contributed by atoms with Crippen molar-refractivity contribution in [2.75, 3.05) is 26.1 Å². The minimum absolute atomic E-state index is 0.0269. The second-order valence-electron chi connectivity index (χ2n) is 4.96. The zero-order valence-corrected chi connectivity index (χ0v) is 15.5. The van der Waals surface area contributed by atoms with Crippen LogP contribution in [-0.2, 0) is 10.0 Å². The summed E-state index contributed by atoms with van der Waals surface area (Å²) in [5.41, 5.74) is 0.0269. The summed E-state index contributed by atoms with van der Waals surface area (Å²) >= 11 is 5.87. The van der Waals surface area contributed by atoms with Crippen LogP contribution in [0.5, 0.6) is 17.2 Å².